The number of para-hydroxylation sites is 1. The van der Waals surface area contributed by atoms with E-state index < -0.39 is 12.1 Å². The van der Waals surface area contributed by atoms with Gasteiger partial charge >= 0.3 is 5.97 Å². The van der Waals surface area contributed by atoms with Crippen molar-refractivity contribution >= 4 is 22.8 Å². The number of ether oxygens (including phenoxy) is 1. The molecule has 2 heterocycles. The average Bonchev–Trinajstić information content (AvgIpc) is 3.35. The Morgan fingerprint density at radius 3 is 2.89 bits per heavy atom. The van der Waals surface area contributed by atoms with Gasteiger partial charge in [-0.2, -0.15) is 0 Å². The summed E-state index contributed by atoms with van der Waals surface area (Å²) >= 11 is 0. The molecule has 1 aliphatic carbocycles. The molecule has 0 saturated carbocycles. The Labute approximate surface area is 156 Å². The number of nitrogens with one attached hydrogen (secondary N) is 1. The highest BCUT2D eigenvalue weighted by Crippen LogP contribution is 2.30. The lowest BCUT2D eigenvalue weighted by atomic mass is 10.0. The lowest BCUT2D eigenvalue weighted by molar-refractivity contribution is -0.129. The van der Waals surface area contributed by atoms with Gasteiger partial charge in [0.05, 0.1) is 23.9 Å². The topological polar surface area (TPSA) is 81.4 Å². The number of hydrogen-bond acceptors (Lipinski definition) is 5. The largest absolute Gasteiger partial charge is 0.467 e. The second-order valence-corrected chi connectivity index (χ2v) is 6.63. The predicted octanol–water partition coefficient (Wildman–Crippen LogP) is 3.18. The predicted molar refractivity (Wildman–Crippen MR) is 99.2 cm³/mol. The molecule has 138 valence electrons. The number of benzene rings is 1. The summed E-state index contributed by atoms with van der Waals surface area (Å²) in [5.74, 6) is -0.207. The molecule has 4 rings (SSSR count). The molecular weight excluding hydrogens is 344 g/mol. The number of rotatable bonds is 5. The molecule has 0 fully saturated rings. The maximum absolute atomic E-state index is 12.9. The Morgan fingerprint density at radius 1 is 1.22 bits per heavy atom. The van der Waals surface area contributed by atoms with Crippen LogP contribution in [0.3, 0.4) is 0 Å². The van der Waals surface area contributed by atoms with E-state index in [0.717, 1.165) is 41.4 Å². The van der Waals surface area contributed by atoms with Crippen molar-refractivity contribution in [2.24, 2.45) is 0 Å². The maximum Gasteiger partial charge on any atom is 0.339 e. The summed E-state index contributed by atoms with van der Waals surface area (Å²) < 4.78 is 10.7. The fourth-order valence-electron chi connectivity index (χ4n) is 3.45. The number of esters is 1. The molecule has 1 aliphatic rings. The number of aromatic nitrogens is 1. The zero-order valence-electron chi connectivity index (χ0n) is 15.0. The fourth-order valence-corrected chi connectivity index (χ4v) is 3.45. The highest BCUT2D eigenvalue weighted by Gasteiger charge is 2.27. The zero-order valence-corrected chi connectivity index (χ0v) is 15.0. The second kappa shape index (κ2) is 7.23. The molecule has 3 aromatic rings. The number of pyridine rings is 1. The van der Waals surface area contributed by atoms with Gasteiger partial charge in [0.15, 0.2) is 6.10 Å². The highest BCUT2D eigenvalue weighted by atomic mass is 16.5. The molecule has 2 aromatic heterocycles. The normalized spacial score (nSPS) is 14.0. The SMILES string of the molecule is C[C@H](OC(=O)c1c2c(nc3ccccc13)CCC2)C(=O)NCc1ccco1. The summed E-state index contributed by atoms with van der Waals surface area (Å²) in [6.45, 7) is 1.82. The number of fused-ring (bicyclic) bond motifs is 2. The number of amides is 1. The molecule has 6 nitrogen and oxygen atoms in total. The van der Waals surface area contributed by atoms with Crippen LogP contribution in [0, 0.1) is 0 Å². The molecule has 1 atom stereocenters. The van der Waals surface area contributed by atoms with Crippen molar-refractivity contribution in [2.45, 2.75) is 38.8 Å². The molecule has 0 bridgehead atoms. The molecule has 0 radical (unpaired) electrons. The first-order valence-corrected chi connectivity index (χ1v) is 9.05. The van der Waals surface area contributed by atoms with Crippen molar-refractivity contribution in [3.05, 3.63) is 65.2 Å². The third-order valence-corrected chi connectivity index (χ3v) is 4.79. The van der Waals surface area contributed by atoms with Crippen LogP contribution >= 0.6 is 0 Å². The number of hydrogen-bond donors (Lipinski definition) is 1. The van der Waals surface area contributed by atoms with Crippen LogP contribution in [0.5, 0.6) is 0 Å². The lowest BCUT2D eigenvalue weighted by Crippen LogP contribution is -2.35. The van der Waals surface area contributed by atoms with Crippen molar-refractivity contribution in [3.63, 3.8) is 0 Å². The van der Waals surface area contributed by atoms with Crippen molar-refractivity contribution in [1.82, 2.24) is 10.3 Å². The van der Waals surface area contributed by atoms with Crippen molar-refractivity contribution in [3.8, 4) is 0 Å². The summed E-state index contributed by atoms with van der Waals surface area (Å²) in [5.41, 5.74) is 3.22. The molecule has 1 N–H and O–H groups in total. The molecule has 0 unspecified atom stereocenters. The van der Waals surface area contributed by atoms with Gasteiger partial charge in [-0.1, -0.05) is 18.2 Å². The van der Waals surface area contributed by atoms with E-state index in [9.17, 15) is 9.59 Å². The van der Waals surface area contributed by atoms with Crippen molar-refractivity contribution in [1.29, 1.82) is 0 Å². The Hall–Kier alpha value is -3.15. The Bertz CT molecular complexity index is 995. The van der Waals surface area contributed by atoms with Crippen LogP contribution in [0.2, 0.25) is 0 Å². The minimum absolute atomic E-state index is 0.251. The minimum Gasteiger partial charge on any atom is -0.467 e. The molecule has 0 saturated heterocycles. The zero-order chi connectivity index (χ0) is 18.8. The van der Waals surface area contributed by atoms with Crippen LogP contribution in [-0.4, -0.2) is 23.0 Å². The van der Waals surface area contributed by atoms with E-state index >= 15 is 0 Å². The number of nitrogens with zero attached hydrogens (tertiary/aromatic N) is 1. The van der Waals surface area contributed by atoms with E-state index in [-0.39, 0.29) is 12.5 Å². The van der Waals surface area contributed by atoms with Gasteiger partial charge in [-0.25, -0.2) is 4.79 Å². The summed E-state index contributed by atoms with van der Waals surface area (Å²) in [6, 6.07) is 11.1. The van der Waals surface area contributed by atoms with Gasteiger partial charge in [0, 0.05) is 11.1 Å². The van der Waals surface area contributed by atoms with Crippen LogP contribution < -0.4 is 5.32 Å². The van der Waals surface area contributed by atoms with Gasteiger partial charge in [0.2, 0.25) is 0 Å². The van der Waals surface area contributed by atoms with Crippen LogP contribution in [0.4, 0.5) is 0 Å². The Kier molecular flexibility index (Phi) is 4.62. The smallest absolute Gasteiger partial charge is 0.339 e. The third kappa shape index (κ3) is 3.43. The van der Waals surface area contributed by atoms with Gasteiger partial charge in [-0.3, -0.25) is 9.78 Å². The standard InChI is InChI=1S/C21H20N2O4/c1-13(20(24)22-12-14-6-5-11-26-14)27-21(25)19-15-7-2-3-9-17(15)23-18-10-4-8-16(18)19/h2-3,5-7,9,11,13H,4,8,10,12H2,1H3,(H,22,24)/t13-/m0/s1. The van der Waals surface area contributed by atoms with Crippen LogP contribution in [0.15, 0.2) is 47.1 Å². The Balaban J connectivity index is 1.53. The van der Waals surface area contributed by atoms with Gasteiger partial charge in [0.25, 0.3) is 5.91 Å². The Morgan fingerprint density at radius 2 is 2.07 bits per heavy atom. The van der Waals surface area contributed by atoms with Crippen molar-refractivity contribution < 1.29 is 18.7 Å². The molecule has 0 spiro atoms. The molecule has 6 heteroatoms. The molecule has 1 amide bonds. The second-order valence-electron chi connectivity index (χ2n) is 6.63. The third-order valence-electron chi connectivity index (χ3n) is 4.79. The summed E-state index contributed by atoms with van der Waals surface area (Å²) in [5, 5.41) is 3.48. The molecule has 0 aliphatic heterocycles. The molecule has 1 aromatic carbocycles. The van der Waals surface area contributed by atoms with Crippen LogP contribution in [-0.2, 0) is 28.9 Å². The van der Waals surface area contributed by atoms with E-state index in [1.807, 2.05) is 24.3 Å². The quantitative estimate of drug-likeness (QED) is 0.703. The number of carbonyl (C=O) groups excluding carboxylic acids is 2. The monoisotopic (exact) mass is 364 g/mol. The first-order chi connectivity index (χ1) is 13.1. The first-order valence-electron chi connectivity index (χ1n) is 9.05. The number of aryl methyl sites for hydroxylation is 1. The number of furan rings is 1. The maximum atomic E-state index is 12.9. The summed E-state index contributed by atoms with van der Waals surface area (Å²) in [4.78, 5) is 29.9. The van der Waals surface area contributed by atoms with E-state index in [2.05, 4.69) is 10.3 Å². The van der Waals surface area contributed by atoms with Crippen LogP contribution in [0.1, 0.15) is 40.7 Å². The summed E-state index contributed by atoms with van der Waals surface area (Å²) in [7, 11) is 0. The van der Waals surface area contributed by atoms with Crippen molar-refractivity contribution in [2.75, 3.05) is 0 Å². The van der Waals surface area contributed by atoms with E-state index in [1.54, 1.807) is 25.3 Å². The van der Waals surface area contributed by atoms with E-state index in [4.69, 9.17) is 9.15 Å². The van der Waals surface area contributed by atoms with Gasteiger partial charge in [-0.05, 0) is 49.9 Å². The first kappa shape index (κ1) is 17.3. The summed E-state index contributed by atoms with van der Waals surface area (Å²) in [6.07, 6.45) is 3.27. The van der Waals surface area contributed by atoms with E-state index in [0.29, 0.717) is 11.3 Å². The molecular formula is C21H20N2O4. The van der Waals surface area contributed by atoms with E-state index in [1.165, 1.54) is 0 Å². The average molecular weight is 364 g/mol. The minimum atomic E-state index is -0.906. The van der Waals surface area contributed by atoms with Gasteiger partial charge < -0.3 is 14.5 Å². The lowest BCUT2D eigenvalue weighted by Gasteiger charge is -2.16. The van der Waals surface area contributed by atoms with Gasteiger partial charge in [0.1, 0.15) is 5.76 Å². The highest BCUT2D eigenvalue weighted by molar-refractivity contribution is 6.05. The number of carbonyl (C=O) groups is 2. The fraction of sp³-hybridized carbons (Fsp3) is 0.286. The van der Waals surface area contributed by atoms with Gasteiger partial charge in [-0.15, -0.1) is 0 Å². The molecule has 27 heavy (non-hydrogen) atoms. The van der Waals surface area contributed by atoms with Crippen LogP contribution in [0.25, 0.3) is 10.9 Å².